The first kappa shape index (κ1) is 10.7. The maximum atomic E-state index is 5.26. The summed E-state index contributed by atoms with van der Waals surface area (Å²) in [5.41, 5.74) is 3.72. The van der Waals surface area contributed by atoms with Crippen LogP contribution < -0.4 is 5.32 Å². The summed E-state index contributed by atoms with van der Waals surface area (Å²) in [5.74, 6) is 0.705. The molecule has 0 saturated heterocycles. The van der Waals surface area contributed by atoms with Gasteiger partial charge in [-0.25, -0.2) is 4.98 Å². The molecule has 3 aromatic rings. The Labute approximate surface area is 104 Å². The van der Waals surface area contributed by atoms with Crippen LogP contribution in [-0.4, -0.2) is 15.1 Å². The van der Waals surface area contributed by atoms with E-state index in [1.54, 1.807) is 18.6 Å². The third kappa shape index (κ3) is 1.79. The van der Waals surface area contributed by atoms with Gasteiger partial charge in [0.05, 0.1) is 11.9 Å². The molecule has 0 aliphatic heterocycles. The van der Waals surface area contributed by atoms with Gasteiger partial charge in [0.25, 0.3) is 0 Å². The zero-order valence-corrected chi connectivity index (χ0v) is 10.1. The van der Waals surface area contributed by atoms with Crippen molar-refractivity contribution >= 4 is 22.5 Å². The van der Waals surface area contributed by atoms with Gasteiger partial charge in [0.2, 0.25) is 0 Å². The fraction of sp³-hybridized carbons (Fsp3) is 0.154. The van der Waals surface area contributed by atoms with Crippen molar-refractivity contribution in [1.82, 2.24) is 15.1 Å². The van der Waals surface area contributed by atoms with Gasteiger partial charge in [0.15, 0.2) is 5.58 Å². The number of aromatic nitrogens is 3. The van der Waals surface area contributed by atoms with Gasteiger partial charge >= 0.3 is 0 Å². The molecule has 18 heavy (non-hydrogen) atoms. The smallest absolute Gasteiger partial charge is 0.169 e. The summed E-state index contributed by atoms with van der Waals surface area (Å²) in [4.78, 5) is 8.20. The second kappa shape index (κ2) is 4.10. The summed E-state index contributed by atoms with van der Waals surface area (Å²) in [7, 11) is 0. The van der Waals surface area contributed by atoms with Crippen LogP contribution in [0.1, 0.15) is 11.3 Å². The van der Waals surface area contributed by atoms with E-state index in [0.717, 1.165) is 27.9 Å². The zero-order valence-electron chi connectivity index (χ0n) is 10.1. The molecule has 1 N–H and O–H groups in total. The summed E-state index contributed by atoms with van der Waals surface area (Å²) in [6.07, 6.45) is 4.96. The number of hydrogen-bond donors (Lipinski definition) is 1. The molecule has 0 unspecified atom stereocenters. The molecule has 0 aliphatic carbocycles. The van der Waals surface area contributed by atoms with E-state index in [2.05, 4.69) is 26.5 Å². The molecule has 3 rings (SSSR count). The van der Waals surface area contributed by atoms with Crippen molar-refractivity contribution in [1.29, 1.82) is 0 Å². The normalized spacial score (nSPS) is 10.8. The number of fused-ring (bicyclic) bond motifs is 1. The molecule has 0 radical (unpaired) electrons. The molecule has 0 atom stereocenters. The van der Waals surface area contributed by atoms with Crippen molar-refractivity contribution in [2.75, 3.05) is 5.32 Å². The van der Waals surface area contributed by atoms with Gasteiger partial charge in [-0.15, -0.1) is 0 Å². The van der Waals surface area contributed by atoms with Crippen LogP contribution in [0.2, 0.25) is 0 Å². The van der Waals surface area contributed by atoms with Crippen LogP contribution in [0.25, 0.3) is 11.0 Å². The van der Waals surface area contributed by atoms with Gasteiger partial charge in [0.1, 0.15) is 5.82 Å². The van der Waals surface area contributed by atoms with Crippen molar-refractivity contribution in [2.24, 2.45) is 0 Å². The van der Waals surface area contributed by atoms with Crippen LogP contribution in [0.4, 0.5) is 11.5 Å². The molecule has 0 saturated carbocycles. The molecule has 5 nitrogen and oxygen atoms in total. The maximum Gasteiger partial charge on any atom is 0.169 e. The molecule has 0 amide bonds. The second-order valence-electron chi connectivity index (χ2n) is 4.15. The van der Waals surface area contributed by atoms with Crippen molar-refractivity contribution in [3.63, 3.8) is 0 Å². The van der Waals surface area contributed by atoms with Crippen LogP contribution in [-0.2, 0) is 0 Å². The number of benzene rings is 1. The standard InChI is InChI=1S/C13H12N4O/c1-8-5-10-9(2)17-18-12(10)6-11(8)16-13-7-14-3-4-15-13/h3-7H,1-2H3,(H,15,16). The number of hydrogen-bond acceptors (Lipinski definition) is 5. The fourth-order valence-electron chi connectivity index (χ4n) is 1.85. The van der Waals surface area contributed by atoms with Crippen molar-refractivity contribution in [3.05, 3.63) is 42.0 Å². The lowest BCUT2D eigenvalue weighted by Gasteiger charge is -2.07. The molecule has 0 aliphatic rings. The van der Waals surface area contributed by atoms with Crippen LogP contribution in [0.15, 0.2) is 35.2 Å². The molecule has 5 heteroatoms. The van der Waals surface area contributed by atoms with E-state index in [-0.39, 0.29) is 0 Å². The van der Waals surface area contributed by atoms with Gasteiger partial charge < -0.3 is 9.84 Å². The summed E-state index contributed by atoms with van der Waals surface area (Å²) in [5, 5.41) is 8.21. The third-order valence-electron chi connectivity index (χ3n) is 2.82. The lowest BCUT2D eigenvalue weighted by molar-refractivity contribution is 0.450. The molecule has 90 valence electrons. The summed E-state index contributed by atoms with van der Waals surface area (Å²) < 4.78 is 5.26. The second-order valence-corrected chi connectivity index (χ2v) is 4.15. The number of anilines is 2. The van der Waals surface area contributed by atoms with Gasteiger partial charge in [-0.2, -0.15) is 0 Å². The summed E-state index contributed by atoms with van der Waals surface area (Å²) >= 11 is 0. The van der Waals surface area contributed by atoms with Gasteiger partial charge in [-0.05, 0) is 25.5 Å². The van der Waals surface area contributed by atoms with E-state index >= 15 is 0 Å². The lowest BCUT2D eigenvalue weighted by Crippen LogP contribution is -1.95. The van der Waals surface area contributed by atoms with Gasteiger partial charge in [0, 0.05) is 29.5 Å². The Morgan fingerprint density at radius 1 is 1.17 bits per heavy atom. The largest absolute Gasteiger partial charge is 0.356 e. The minimum absolute atomic E-state index is 0.705. The Hall–Kier alpha value is -2.43. The predicted octanol–water partition coefficient (Wildman–Crippen LogP) is 2.98. The first-order valence-electron chi connectivity index (χ1n) is 5.64. The van der Waals surface area contributed by atoms with Crippen molar-refractivity contribution in [2.45, 2.75) is 13.8 Å². The molecular weight excluding hydrogens is 228 g/mol. The predicted molar refractivity (Wildman–Crippen MR) is 68.8 cm³/mol. The highest BCUT2D eigenvalue weighted by atomic mass is 16.5. The van der Waals surface area contributed by atoms with Crippen LogP contribution in [0, 0.1) is 13.8 Å². The molecule has 2 aromatic heterocycles. The van der Waals surface area contributed by atoms with Gasteiger partial charge in [-0.3, -0.25) is 4.98 Å². The third-order valence-corrected chi connectivity index (χ3v) is 2.82. The Bertz CT molecular complexity index is 691. The topological polar surface area (TPSA) is 63.8 Å². The first-order chi connectivity index (χ1) is 8.74. The van der Waals surface area contributed by atoms with E-state index in [4.69, 9.17) is 4.52 Å². The van der Waals surface area contributed by atoms with Crippen molar-refractivity contribution in [3.8, 4) is 0 Å². The van der Waals surface area contributed by atoms with Crippen LogP contribution in [0.5, 0.6) is 0 Å². The molecule has 2 heterocycles. The number of aryl methyl sites for hydroxylation is 2. The number of rotatable bonds is 2. The van der Waals surface area contributed by atoms with E-state index in [1.807, 2.05) is 19.9 Å². The Morgan fingerprint density at radius 3 is 2.83 bits per heavy atom. The van der Waals surface area contributed by atoms with Crippen LogP contribution >= 0.6 is 0 Å². The Morgan fingerprint density at radius 2 is 2.06 bits per heavy atom. The van der Waals surface area contributed by atoms with E-state index in [0.29, 0.717) is 5.82 Å². The van der Waals surface area contributed by atoms with E-state index in [1.165, 1.54) is 0 Å². The lowest BCUT2D eigenvalue weighted by atomic mass is 10.1. The average Bonchev–Trinajstić information content (AvgIpc) is 2.73. The highest BCUT2D eigenvalue weighted by molar-refractivity contribution is 5.85. The quantitative estimate of drug-likeness (QED) is 0.746. The summed E-state index contributed by atoms with van der Waals surface area (Å²) in [6, 6.07) is 3.99. The van der Waals surface area contributed by atoms with Crippen LogP contribution in [0.3, 0.4) is 0 Å². The first-order valence-corrected chi connectivity index (χ1v) is 5.64. The highest BCUT2D eigenvalue weighted by Crippen LogP contribution is 2.27. The SMILES string of the molecule is Cc1cc2c(C)noc2cc1Nc1cnccn1. The number of nitrogens with zero attached hydrogens (tertiary/aromatic N) is 3. The average molecular weight is 240 g/mol. The highest BCUT2D eigenvalue weighted by Gasteiger charge is 2.08. The molecule has 0 spiro atoms. The minimum Gasteiger partial charge on any atom is -0.356 e. The molecule has 0 bridgehead atoms. The van der Waals surface area contributed by atoms with E-state index < -0.39 is 0 Å². The Kier molecular flexibility index (Phi) is 2.44. The summed E-state index contributed by atoms with van der Waals surface area (Å²) in [6.45, 7) is 3.96. The zero-order chi connectivity index (χ0) is 12.5. The monoisotopic (exact) mass is 240 g/mol. The molecule has 1 aromatic carbocycles. The molecular formula is C13H12N4O. The maximum absolute atomic E-state index is 5.26. The van der Waals surface area contributed by atoms with Crippen molar-refractivity contribution < 1.29 is 4.52 Å². The fourth-order valence-corrected chi connectivity index (χ4v) is 1.85. The molecule has 0 fully saturated rings. The Balaban J connectivity index is 2.04. The number of nitrogens with one attached hydrogen (secondary N) is 1. The minimum atomic E-state index is 0.705. The van der Waals surface area contributed by atoms with E-state index in [9.17, 15) is 0 Å². The van der Waals surface area contributed by atoms with Gasteiger partial charge in [-0.1, -0.05) is 5.16 Å².